The summed E-state index contributed by atoms with van der Waals surface area (Å²) >= 11 is 2.13. The molecular weight excluding hydrogens is 379 g/mol. The van der Waals surface area contributed by atoms with Crippen molar-refractivity contribution in [3.05, 3.63) is 57.2 Å². The van der Waals surface area contributed by atoms with Crippen LogP contribution in [0.5, 0.6) is 11.5 Å². The van der Waals surface area contributed by atoms with Crippen molar-refractivity contribution in [1.29, 1.82) is 0 Å². The summed E-state index contributed by atoms with van der Waals surface area (Å²) in [6.07, 6.45) is 0. The van der Waals surface area contributed by atoms with Crippen molar-refractivity contribution in [2.24, 2.45) is 0 Å². The molecule has 0 atom stereocenters. The average molecular weight is 396 g/mol. The molecule has 4 heteroatoms. The fourth-order valence-electron chi connectivity index (χ4n) is 2.00. The number of rotatable bonds is 4. The highest BCUT2D eigenvalue weighted by atomic mass is 127. The Bertz CT molecular complexity index is 650. The normalized spacial score (nSPS) is 10.5. The number of para-hydroxylation sites is 1. The number of carbonyl (C=O) groups excluding carboxylic acids is 1. The second-order valence-corrected chi connectivity index (χ2v) is 6.09. The first kappa shape index (κ1) is 15.8. The number of halogens is 1. The van der Waals surface area contributed by atoms with E-state index in [0.717, 1.165) is 14.9 Å². The largest absolute Gasteiger partial charge is 0.496 e. The minimum Gasteiger partial charge on any atom is -0.496 e. The second-order valence-electron chi connectivity index (χ2n) is 4.93. The highest BCUT2D eigenvalue weighted by Crippen LogP contribution is 2.27. The van der Waals surface area contributed by atoms with Crippen LogP contribution in [0, 0.1) is 3.57 Å². The SMILES string of the molecule is COc1ccc(C(=O)Oc2ccccc2C(C)C)cc1I. The molecule has 0 radical (unpaired) electrons. The maximum Gasteiger partial charge on any atom is 0.343 e. The molecule has 0 saturated heterocycles. The molecule has 0 aliphatic heterocycles. The Morgan fingerprint density at radius 3 is 2.43 bits per heavy atom. The molecule has 0 aliphatic carbocycles. The Kier molecular flexibility index (Phi) is 5.22. The summed E-state index contributed by atoms with van der Waals surface area (Å²) in [5.41, 5.74) is 1.54. The third-order valence-electron chi connectivity index (χ3n) is 3.13. The molecule has 0 unspecified atom stereocenters. The van der Waals surface area contributed by atoms with Crippen molar-refractivity contribution in [1.82, 2.24) is 0 Å². The summed E-state index contributed by atoms with van der Waals surface area (Å²) in [6.45, 7) is 4.14. The number of hydrogen-bond acceptors (Lipinski definition) is 3. The van der Waals surface area contributed by atoms with Gasteiger partial charge in [-0.1, -0.05) is 32.0 Å². The van der Waals surface area contributed by atoms with Gasteiger partial charge >= 0.3 is 5.97 Å². The van der Waals surface area contributed by atoms with Crippen LogP contribution < -0.4 is 9.47 Å². The zero-order chi connectivity index (χ0) is 15.4. The zero-order valence-electron chi connectivity index (χ0n) is 12.2. The van der Waals surface area contributed by atoms with E-state index in [2.05, 4.69) is 36.4 Å². The fourth-order valence-corrected chi connectivity index (χ4v) is 2.74. The summed E-state index contributed by atoms with van der Waals surface area (Å²) < 4.78 is 11.6. The van der Waals surface area contributed by atoms with Gasteiger partial charge in [0.2, 0.25) is 0 Å². The van der Waals surface area contributed by atoms with Crippen LogP contribution in [0.1, 0.15) is 35.7 Å². The van der Waals surface area contributed by atoms with Gasteiger partial charge in [0.25, 0.3) is 0 Å². The molecule has 2 rings (SSSR count). The quantitative estimate of drug-likeness (QED) is 0.429. The van der Waals surface area contributed by atoms with Crippen LogP contribution >= 0.6 is 22.6 Å². The monoisotopic (exact) mass is 396 g/mol. The van der Waals surface area contributed by atoms with E-state index in [0.29, 0.717) is 17.2 Å². The van der Waals surface area contributed by atoms with Crippen LogP contribution in [0.2, 0.25) is 0 Å². The van der Waals surface area contributed by atoms with Gasteiger partial charge in [0.05, 0.1) is 16.2 Å². The first-order chi connectivity index (χ1) is 10.0. The number of hydrogen-bond donors (Lipinski definition) is 0. The second kappa shape index (κ2) is 6.93. The lowest BCUT2D eigenvalue weighted by Gasteiger charge is -2.13. The molecule has 0 bridgehead atoms. The van der Waals surface area contributed by atoms with E-state index in [1.54, 1.807) is 25.3 Å². The lowest BCUT2D eigenvalue weighted by atomic mass is 10.0. The molecule has 0 spiro atoms. The Morgan fingerprint density at radius 2 is 1.81 bits per heavy atom. The van der Waals surface area contributed by atoms with Crippen LogP contribution in [0.3, 0.4) is 0 Å². The van der Waals surface area contributed by atoms with E-state index in [9.17, 15) is 4.79 Å². The molecule has 0 amide bonds. The summed E-state index contributed by atoms with van der Waals surface area (Å²) in [4.78, 5) is 12.3. The average Bonchev–Trinajstić information content (AvgIpc) is 2.47. The summed E-state index contributed by atoms with van der Waals surface area (Å²) in [5, 5.41) is 0. The van der Waals surface area contributed by atoms with Crippen molar-refractivity contribution in [2.45, 2.75) is 19.8 Å². The first-order valence-corrected chi connectivity index (χ1v) is 7.75. The van der Waals surface area contributed by atoms with Gasteiger partial charge in [0.1, 0.15) is 11.5 Å². The van der Waals surface area contributed by atoms with Crippen molar-refractivity contribution >= 4 is 28.6 Å². The zero-order valence-corrected chi connectivity index (χ0v) is 14.4. The van der Waals surface area contributed by atoms with Crippen LogP contribution in [0.25, 0.3) is 0 Å². The molecule has 2 aromatic rings. The lowest BCUT2D eigenvalue weighted by Crippen LogP contribution is -2.10. The molecule has 0 fully saturated rings. The molecule has 2 aromatic carbocycles. The van der Waals surface area contributed by atoms with Gasteiger partial charge in [0.15, 0.2) is 0 Å². The van der Waals surface area contributed by atoms with E-state index in [-0.39, 0.29) is 5.97 Å². The van der Waals surface area contributed by atoms with E-state index < -0.39 is 0 Å². The van der Waals surface area contributed by atoms with E-state index in [1.165, 1.54) is 0 Å². The molecule has 21 heavy (non-hydrogen) atoms. The van der Waals surface area contributed by atoms with E-state index in [1.807, 2.05) is 24.3 Å². The highest BCUT2D eigenvalue weighted by Gasteiger charge is 2.14. The predicted octanol–water partition coefficient (Wildman–Crippen LogP) is 4.64. The summed E-state index contributed by atoms with van der Waals surface area (Å²) in [7, 11) is 1.61. The molecular formula is C17H17IO3. The van der Waals surface area contributed by atoms with Crippen LogP contribution in [-0.2, 0) is 0 Å². The number of benzene rings is 2. The minimum atomic E-state index is -0.358. The third kappa shape index (κ3) is 3.75. The predicted molar refractivity (Wildman–Crippen MR) is 91.2 cm³/mol. The maximum atomic E-state index is 12.3. The molecule has 110 valence electrons. The topological polar surface area (TPSA) is 35.5 Å². The smallest absolute Gasteiger partial charge is 0.343 e. The first-order valence-electron chi connectivity index (χ1n) is 6.67. The van der Waals surface area contributed by atoms with Gasteiger partial charge in [-0.2, -0.15) is 0 Å². The van der Waals surface area contributed by atoms with Crippen molar-refractivity contribution < 1.29 is 14.3 Å². The highest BCUT2D eigenvalue weighted by molar-refractivity contribution is 14.1. The van der Waals surface area contributed by atoms with Crippen LogP contribution in [0.15, 0.2) is 42.5 Å². The Hall–Kier alpha value is -1.56. The molecule has 0 saturated carbocycles. The van der Waals surface area contributed by atoms with Gasteiger partial charge in [-0.25, -0.2) is 4.79 Å². The number of ether oxygens (including phenoxy) is 2. The van der Waals surface area contributed by atoms with E-state index >= 15 is 0 Å². The van der Waals surface area contributed by atoms with Gasteiger partial charge < -0.3 is 9.47 Å². The Morgan fingerprint density at radius 1 is 1.10 bits per heavy atom. The van der Waals surface area contributed by atoms with E-state index in [4.69, 9.17) is 9.47 Å². The lowest BCUT2D eigenvalue weighted by molar-refractivity contribution is 0.0732. The third-order valence-corrected chi connectivity index (χ3v) is 3.97. The Balaban J connectivity index is 2.24. The maximum absolute atomic E-state index is 12.3. The standard InChI is InChI=1S/C17H17IO3/c1-11(2)13-6-4-5-7-15(13)21-17(19)12-8-9-16(20-3)14(18)10-12/h4-11H,1-3H3. The van der Waals surface area contributed by atoms with Gasteiger partial charge in [-0.05, 0) is 58.3 Å². The number of methoxy groups -OCH3 is 1. The fraction of sp³-hybridized carbons (Fsp3) is 0.235. The van der Waals surface area contributed by atoms with Gasteiger partial charge in [-0.3, -0.25) is 0 Å². The molecule has 0 N–H and O–H groups in total. The molecule has 0 aliphatic rings. The van der Waals surface area contributed by atoms with Crippen molar-refractivity contribution in [3.8, 4) is 11.5 Å². The summed E-state index contributed by atoms with van der Waals surface area (Å²) in [5.74, 6) is 1.30. The van der Waals surface area contributed by atoms with Gasteiger partial charge in [-0.15, -0.1) is 0 Å². The van der Waals surface area contributed by atoms with Crippen LogP contribution in [0.4, 0.5) is 0 Å². The van der Waals surface area contributed by atoms with Gasteiger partial charge in [0, 0.05) is 0 Å². The molecule has 0 aromatic heterocycles. The van der Waals surface area contributed by atoms with Crippen LogP contribution in [-0.4, -0.2) is 13.1 Å². The van der Waals surface area contributed by atoms with Crippen molar-refractivity contribution in [3.63, 3.8) is 0 Å². The minimum absolute atomic E-state index is 0.296. The Labute approximate surface area is 138 Å². The number of carbonyl (C=O) groups is 1. The van der Waals surface area contributed by atoms with Crippen molar-refractivity contribution in [2.75, 3.05) is 7.11 Å². The number of esters is 1. The molecule has 0 heterocycles. The summed E-state index contributed by atoms with van der Waals surface area (Å²) in [6, 6.07) is 12.9. The molecule has 3 nitrogen and oxygen atoms in total.